The molecule has 1 aliphatic heterocycles. The minimum atomic E-state index is -5.08. The van der Waals surface area contributed by atoms with Crippen molar-refractivity contribution >= 4 is 11.9 Å². The highest BCUT2D eigenvalue weighted by Crippen LogP contribution is 2.33. The molecule has 1 saturated carbocycles. The van der Waals surface area contributed by atoms with Crippen molar-refractivity contribution in [3.8, 4) is 0 Å². The molecule has 37 heavy (non-hydrogen) atoms. The lowest BCUT2D eigenvalue weighted by molar-refractivity contribution is -0.193. The van der Waals surface area contributed by atoms with Crippen LogP contribution in [-0.4, -0.2) is 75.8 Å². The van der Waals surface area contributed by atoms with Gasteiger partial charge in [-0.2, -0.15) is 26.3 Å². The second-order valence-corrected chi connectivity index (χ2v) is 7.90. The second-order valence-electron chi connectivity index (χ2n) is 7.90. The first kappa shape index (κ1) is 30.1. The van der Waals surface area contributed by atoms with Gasteiger partial charge in [-0.1, -0.05) is 6.07 Å². The summed E-state index contributed by atoms with van der Waals surface area (Å²) in [6, 6.07) is 6.47. The lowest BCUT2D eigenvalue weighted by atomic mass is 10.1. The molecule has 3 heterocycles. The third-order valence-electron chi connectivity index (χ3n) is 5.29. The maximum atomic E-state index is 10.6. The van der Waals surface area contributed by atoms with Crippen LogP contribution in [0.4, 0.5) is 26.3 Å². The quantitative estimate of drug-likeness (QED) is 0.542. The molecule has 0 bridgehead atoms. The van der Waals surface area contributed by atoms with Gasteiger partial charge in [0, 0.05) is 37.1 Å². The Morgan fingerprint density at radius 1 is 1.05 bits per heavy atom. The summed E-state index contributed by atoms with van der Waals surface area (Å²) in [6.07, 6.45) is -0.429. The molecule has 2 aliphatic rings. The third-order valence-corrected chi connectivity index (χ3v) is 5.29. The Morgan fingerprint density at radius 2 is 1.70 bits per heavy atom. The molecular weight excluding hydrogens is 518 g/mol. The number of alkyl halides is 6. The van der Waals surface area contributed by atoms with Gasteiger partial charge in [0.15, 0.2) is 0 Å². The molecule has 0 unspecified atom stereocenters. The number of ether oxygens (including phenoxy) is 2. The maximum Gasteiger partial charge on any atom is 0.490 e. The van der Waals surface area contributed by atoms with Crippen LogP contribution in [0.1, 0.15) is 24.0 Å². The molecular formula is C22H24F6N2O7. The number of carboxylic acids is 2. The van der Waals surface area contributed by atoms with Crippen molar-refractivity contribution in [2.45, 2.75) is 56.6 Å². The first-order valence-corrected chi connectivity index (χ1v) is 10.8. The highest BCUT2D eigenvalue weighted by molar-refractivity contribution is 5.73. The van der Waals surface area contributed by atoms with Gasteiger partial charge in [0.1, 0.15) is 0 Å². The topological polar surface area (TPSA) is 122 Å². The zero-order valence-electron chi connectivity index (χ0n) is 19.1. The number of hydrogen-bond acceptors (Lipinski definition) is 7. The molecule has 1 aliphatic carbocycles. The van der Waals surface area contributed by atoms with E-state index in [0.29, 0.717) is 12.6 Å². The number of pyridine rings is 1. The van der Waals surface area contributed by atoms with Crippen LogP contribution in [0.15, 0.2) is 47.5 Å². The van der Waals surface area contributed by atoms with E-state index in [-0.39, 0.29) is 12.2 Å². The standard InChI is InChI=1S/C18H22N2O3.2C2HF3O2/c1-2-14(10-19-6-1)13-23-17-4-3-16-18(17)22-9-7-20(16)11-15-5-8-21-12-15;2*3-2(4,5)1(6)7/h1-2,5-6,8,10,12,16-18H,3-4,7,9,11,13H2;2*(H,6,7)/t16-,17-,18+;;/m0../s1. The van der Waals surface area contributed by atoms with E-state index in [1.54, 1.807) is 12.5 Å². The Labute approximate surface area is 206 Å². The summed E-state index contributed by atoms with van der Waals surface area (Å²) in [4.78, 5) is 24.4. The van der Waals surface area contributed by atoms with E-state index < -0.39 is 24.3 Å². The summed E-state index contributed by atoms with van der Waals surface area (Å²) in [5.74, 6) is -5.51. The molecule has 2 aromatic heterocycles. The minimum absolute atomic E-state index is 0.173. The summed E-state index contributed by atoms with van der Waals surface area (Å²) >= 11 is 0. The fraction of sp³-hybridized carbons (Fsp3) is 0.500. The number of nitrogens with zero attached hydrogens (tertiary/aromatic N) is 2. The summed E-state index contributed by atoms with van der Waals surface area (Å²) in [5, 5.41) is 14.2. The zero-order chi connectivity index (χ0) is 27.6. The number of aromatic nitrogens is 1. The van der Waals surface area contributed by atoms with Crippen molar-refractivity contribution in [1.82, 2.24) is 9.88 Å². The number of carbonyl (C=O) groups is 2. The number of aliphatic carboxylic acids is 2. The molecule has 0 aromatic carbocycles. The molecule has 9 nitrogen and oxygen atoms in total. The van der Waals surface area contributed by atoms with Crippen LogP contribution in [0.2, 0.25) is 0 Å². The first-order chi connectivity index (χ1) is 17.3. The van der Waals surface area contributed by atoms with E-state index in [4.69, 9.17) is 33.7 Å². The number of carboxylic acid groups (broad SMARTS) is 2. The molecule has 1 saturated heterocycles. The Bertz CT molecular complexity index is 946. The van der Waals surface area contributed by atoms with Gasteiger partial charge >= 0.3 is 24.3 Å². The Kier molecular flexibility index (Phi) is 10.9. The predicted octanol–water partition coefficient (Wildman–Crippen LogP) is 3.89. The van der Waals surface area contributed by atoms with E-state index in [1.807, 2.05) is 30.7 Å². The van der Waals surface area contributed by atoms with Crippen LogP contribution in [0.5, 0.6) is 0 Å². The van der Waals surface area contributed by atoms with E-state index in [2.05, 4.69) is 9.88 Å². The fourth-order valence-electron chi connectivity index (χ4n) is 3.67. The maximum absolute atomic E-state index is 10.6. The van der Waals surface area contributed by atoms with Gasteiger partial charge < -0.3 is 24.1 Å². The predicted molar refractivity (Wildman–Crippen MR) is 112 cm³/mol. The van der Waals surface area contributed by atoms with Crippen LogP contribution < -0.4 is 0 Å². The molecule has 0 amide bonds. The largest absolute Gasteiger partial charge is 0.490 e. The summed E-state index contributed by atoms with van der Waals surface area (Å²) < 4.78 is 80.8. The monoisotopic (exact) mass is 542 g/mol. The number of furan rings is 1. The summed E-state index contributed by atoms with van der Waals surface area (Å²) in [7, 11) is 0. The lowest BCUT2D eigenvalue weighted by Gasteiger charge is -2.38. The third kappa shape index (κ3) is 10.0. The van der Waals surface area contributed by atoms with Crippen LogP contribution >= 0.6 is 0 Å². The number of halogens is 6. The molecule has 2 N–H and O–H groups in total. The van der Waals surface area contributed by atoms with Crippen molar-refractivity contribution in [2.24, 2.45) is 0 Å². The molecule has 2 fully saturated rings. The van der Waals surface area contributed by atoms with Crippen molar-refractivity contribution in [3.63, 3.8) is 0 Å². The lowest BCUT2D eigenvalue weighted by Crippen LogP contribution is -2.51. The summed E-state index contributed by atoms with van der Waals surface area (Å²) in [6.45, 7) is 3.27. The minimum Gasteiger partial charge on any atom is -0.475 e. The number of morpholine rings is 1. The molecule has 206 valence electrons. The van der Waals surface area contributed by atoms with Crippen molar-refractivity contribution < 1.29 is 60.0 Å². The van der Waals surface area contributed by atoms with Gasteiger partial charge in [-0.15, -0.1) is 0 Å². The molecule has 2 aromatic rings. The summed E-state index contributed by atoms with van der Waals surface area (Å²) in [5.41, 5.74) is 2.34. The van der Waals surface area contributed by atoms with Gasteiger partial charge in [0.25, 0.3) is 0 Å². The highest BCUT2D eigenvalue weighted by atomic mass is 19.4. The fourth-order valence-corrected chi connectivity index (χ4v) is 3.67. The van der Waals surface area contributed by atoms with Crippen molar-refractivity contribution in [3.05, 3.63) is 54.2 Å². The van der Waals surface area contributed by atoms with Gasteiger partial charge in [-0.3, -0.25) is 9.88 Å². The van der Waals surface area contributed by atoms with Crippen LogP contribution in [0.3, 0.4) is 0 Å². The number of hydrogen-bond donors (Lipinski definition) is 2. The van der Waals surface area contributed by atoms with Gasteiger partial charge in [0.2, 0.25) is 0 Å². The van der Waals surface area contributed by atoms with Crippen LogP contribution in [-0.2, 0) is 32.2 Å². The second kappa shape index (κ2) is 13.4. The molecule has 3 atom stereocenters. The average Bonchev–Trinajstić information content (AvgIpc) is 3.48. The Hall–Kier alpha value is -3.17. The SMILES string of the molecule is O=C(O)C(F)(F)F.O=C(O)C(F)(F)F.c1cncc(CO[C@H]2CC[C@H]3[C@H]2OCCN3Cc2ccoc2)c1. The first-order valence-electron chi connectivity index (χ1n) is 10.8. The van der Waals surface area contributed by atoms with E-state index in [1.165, 1.54) is 5.56 Å². The molecule has 4 rings (SSSR count). The normalized spacial score (nSPS) is 21.6. The zero-order valence-corrected chi connectivity index (χ0v) is 19.1. The molecule has 15 heteroatoms. The van der Waals surface area contributed by atoms with E-state index in [0.717, 1.165) is 38.1 Å². The van der Waals surface area contributed by atoms with Gasteiger partial charge in [-0.05, 0) is 30.5 Å². The van der Waals surface area contributed by atoms with E-state index in [9.17, 15) is 26.3 Å². The van der Waals surface area contributed by atoms with Gasteiger partial charge in [-0.25, -0.2) is 9.59 Å². The van der Waals surface area contributed by atoms with Crippen LogP contribution in [0, 0.1) is 0 Å². The highest BCUT2D eigenvalue weighted by Gasteiger charge is 2.43. The smallest absolute Gasteiger partial charge is 0.475 e. The number of rotatable bonds is 5. The Balaban J connectivity index is 0.000000286. The Morgan fingerprint density at radius 3 is 2.22 bits per heavy atom. The van der Waals surface area contributed by atoms with Crippen LogP contribution in [0.25, 0.3) is 0 Å². The number of fused-ring (bicyclic) bond motifs is 1. The van der Waals surface area contributed by atoms with Crippen molar-refractivity contribution in [2.75, 3.05) is 13.2 Å². The van der Waals surface area contributed by atoms with Crippen molar-refractivity contribution in [1.29, 1.82) is 0 Å². The van der Waals surface area contributed by atoms with E-state index >= 15 is 0 Å². The molecule has 0 spiro atoms. The average molecular weight is 542 g/mol. The molecule has 0 radical (unpaired) electrons. The van der Waals surface area contributed by atoms with Gasteiger partial charge in [0.05, 0.1) is 37.9 Å².